The molecule has 0 aliphatic heterocycles. The Morgan fingerprint density at radius 3 is 2.53 bits per heavy atom. The number of nitrogens with two attached hydrogens (primary N) is 1. The van der Waals surface area contributed by atoms with Gasteiger partial charge in [-0.3, -0.25) is 0 Å². The Bertz CT molecular complexity index is 441. The Labute approximate surface area is 84.8 Å². The number of allylic oxidation sites excluding steroid dienone is 1. The number of halogens is 2. The van der Waals surface area contributed by atoms with Crippen molar-refractivity contribution in [3.8, 4) is 0 Å². The Morgan fingerprint density at radius 2 is 2.00 bits per heavy atom. The number of anilines is 1. The largest absolute Gasteiger partial charge is 0.478 e. The molecule has 80 valence electrons. The van der Waals surface area contributed by atoms with Crippen LogP contribution in [0.25, 0.3) is 5.57 Å². The van der Waals surface area contributed by atoms with Crippen LogP contribution in [0.4, 0.5) is 14.5 Å². The molecule has 0 aliphatic rings. The van der Waals surface area contributed by atoms with Gasteiger partial charge in [-0.25, -0.2) is 13.6 Å². The Morgan fingerprint density at radius 1 is 1.40 bits per heavy atom. The first-order valence-electron chi connectivity index (χ1n) is 4.08. The molecule has 15 heavy (non-hydrogen) atoms. The van der Waals surface area contributed by atoms with Gasteiger partial charge in [-0.05, 0) is 18.6 Å². The minimum atomic E-state index is -1.22. The predicted octanol–water partition coefficient (Wildman–Crippen LogP) is 2.03. The van der Waals surface area contributed by atoms with Crippen LogP contribution < -0.4 is 5.73 Å². The van der Waals surface area contributed by atoms with Crippen molar-refractivity contribution >= 4 is 17.2 Å². The van der Waals surface area contributed by atoms with E-state index in [0.717, 1.165) is 18.2 Å². The number of carboxylic acid groups (broad SMARTS) is 1. The molecular weight excluding hydrogens is 204 g/mol. The summed E-state index contributed by atoms with van der Waals surface area (Å²) in [5, 5.41) is 8.44. The second-order valence-electron chi connectivity index (χ2n) is 3.02. The van der Waals surface area contributed by atoms with Gasteiger partial charge in [-0.1, -0.05) is 0 Å². The SMILES string of the molecule is CC(=CC(=O)O)c1cc(F)c(N)cc1F. The fourth-order valence-corrected chi connectivity index (χ4v) is 1.13. The highest BCUT2D eigenvalue weighted by Gasteiger charge is 2.09. The van der Waals surface area contributed by atoms with Crippen molar-refractivity contribution in [1.82, 2.24) is 0 Å². The summed E-state index contributed by atoms with van der Waals surface area (Å²) < 4.78 is 26.2. The van der Waals surface area contributed by atoms with E-state index in [1.165, 1.54) is 6.92 Å². The maximum absolute atomic E-state index is 13.3. The Balaban J connectivity index is 3.26. The van der Waals surface area contributed by atoms with Crippen LogP contribution in [-0.2, 0) is 4.79 Å². The zero-order valence-electron chi connectivity index (χ0n) is 7.92. The molecule has 0 radical (unpaired) electrons. The van der Waals surface area contributed by atoms with Crippen molar-refractivity contribution < 1.29 is 18.7 Å². The number of aliphatic carboxylic acids is 1. The van der Waals surface area contributed by atoms with Crippen LogP contribution in [0.15, 0.2) is 18.2 Å². The van der Waals surface area contributed by atoms with E-state index in [0.29, 0.717) is 0 Å². The third-order valence-corrected chi connectivity index (χ3v) is 1.85. The van der Waals surface area contributed by atoms with Crippen LogP contribution in [0, 0.1) is 11.6 Å². The lowest BCUT2D eigenvalue weighted by atomic mass is 10.1. The number of nitrogen functional groups attached to an aromatic ring is 1. The number of carbonyl (C=O) groups is 1. The van der Waals surface area contributed by atoms with Crippen molar-refractivity contribution in [2.75, 3.05) is 5.73 Å². The zero-order valence-corrected chi connectivity index (χ0v) is 7.92. The van der Waals surface area contributed by atoms with E-state index < -0.39 is 17.6 Å². The van der Waals surface area contributed by atoms with Gasteiger partial charge in [0.05, 0.1) is 5.69 Å². The molecule has 1 rings (SSSR count). The maximum Gasteiger partial charge on any atom is 0.328 e. The fraction of sp³-hybridized carbons (Fsp3) is 0.100. The number of hydrogen-bond donors (Lipinski definition) is 2. The van der Waals surface area contributed by atoms with Crippen molar-refractivity contribution in [1.29, 1.82) is 0 Å². The highest BCUT2D eigenvalue weighted by atomic mass is 19.1. The van der Waals surface area contributed by atoms with Crippen LogP contribution in [0.1, 0.15) is 12.5 Å². The van der Waals surface area contributed by atoms with Crippen molar-refractivity contribution in [2.45, 2.75) is 6.92 Å². The molecule has 3 nitrogen and oxygen atoms in total. The molecule has 3 N–H and O–H groups in total. The van der Waals surface area contributed by atoms with Crippen molar-refractivity contribution in [2.24, 2.45) is 0 Å². The average Bonchev–Trinajstić information content (AvgIpc) is 2.09. The third kappa shape index (κ3) is 2.52. The molecule has 0 fully saturated rings. The summed E-state index contributed by atoms with van der Waals surface area (Å²) in [4.78, 5) is 10.3. The van der Waals surface area contributed by atoms with E-state index in [-0.39, 0.29) is 16.8 Å². The van der Waals surface area contributed by atoms with E-state index in [2.05, 4.69) is 0 Å². The lowest BCUT2D eigenvalue weighted by Crippen LogP contribution is -1.97. The normalized spacial score (nSPS) is 11.5. The van der Waals surface area contributed by atoms with E-state index in [1.807, 2.05) is 0 Å². The van der Waals surface area contributed by atoms with Gasteiger partial charge < -0.3 is 10.8 Å². The van der Waals surface area contributed by atoms with Gasteiger partial charge in [0.25, 0.3) is 0 Å². The summed E-state index contributed by atoms with van der Waals surface area (Å²) in [5.41, 5.74) is 4.85. The molecule has 0 aromatic heterocycles. The number of rotatable bonds is 2. The quantitative estimate of drug-likeness (QED) is 0.583. The molecule has 0 bridgehead atoms. The molecule has 1 aromatic rings. The summed E-state index contributed by atoms with van der Waals surface area (Å²) in [6.07, 6.45) is 0.800. The first-order chi connectivity index (χ1) is 6.91. The number of hydrogen-bond acceptors (Lipinski definition) is 2. The molecule has 0 atom stereocenters. The smallest absolute Gasteiger partial charge is 0.328 e. The summed E-state index contributed by atoms with van der Waals surface area (Å²) in [6, 6.07) is 1.70. The Hall–Kier alpha value is -1.91. The van der Waals surface area contributed by atoms with Gasteiger partial charge >= 0.3 is 5.97 Å². The van der Waals surface area contributed by atoms with Crippen LogP contribution in [0.3, 0.4) is 0 Å². The van der Waals surface area contributed by atoms with E-state index >= 15 is 0 Å². The van der Waals surface area contributed by atoms with Crippen molar-refractivity contribution in [3.05, 3.63) is 35.4 Å². The van der Waals surface area contributed by atoms with Gasteiger partial charge in [-0.2, -0.15) is 0 Å². The van der Waals surface area contributed by atoms with Gasteiger partial charge in [0, 0.05) is 17.7 Å². The van der Waals surface area contributed by atoms with Crippen LogP contribution >= 0.6 is 0 Å². The topological polar surface area (TPSA) is 63.3 Å². The minimum absolute atomic E-state index is 0.107. The zero-order chi connectivity index (χ0) is 11.6. The molecule has 5 heteroatoms. The molecule has 0 spiro atoms. The molecule has 1 aromatic carbocycles. The van der Waals surface area contributed by atoms with Crippen LogP contribution in [-0.4, -0.2) is 11.1 Å². The predicted molar refractivity (Wildman–Crippen MR) is 52.1 cm³/mol. The van der Waals surface area contributed by atoms with Gasteiger partial charge in [0.1, 0.15) is 11.6 Å². The maximum atomic E-state index is 13.3. The number of benzene rings is 1. The summed E-state index contributed by atoms with van der Waals surface area (Å²) >= 11 is 0. The Kier molecular flexibility index (Phi) is 3.04. The number of carboxylic acids is 1. The third-order valence-electron chi connectivity index (χ3n) is 1.85. The van der Waals surface area contributed by atoms with Crippen LogP contribution in [0.2, 0.25) is 0 Å². The summed E-state index contributed by atoms with van der Waals surface area (Å²) in [6.45, 7) is 1.38. The minimum Gasteiger partial charge on any atom is -0.478 e. The first kappa shape index (κ1) is 11.2. The molecule has 0 amide bonds. The monoisotopic (exact) mass is 213 g/mol. The molecule has 0 heterocycles. The molecule has 0 aliphatic carbocycles. The first-order valence-corrected chi connectivity index (χ1v) is 4.08. The standard InChI is InChI=1S/C10H9F2NO2/c1-5(2-10(14)15)6-3-8(12)9(13)4-7(6)11/h2-4H,13H2,1H3,(H,14,15). The summed E-state index contributed by atoms with van der Waals surface area (Å²) in [7, 11) is 0. The van der Waals surface area contributed by atoms with E-state index in [1.54, 1.807) is 0 Å². The highest BCUT2D eigenvalue weighted by Crippen LogP contribution is 2.22. The van der Waals surface area contributed by atoms with Crippen molar-refractivity contribution in [3.63, 3.8) is 0 Å². The fourth-order valence-electron chi connectivity index (χ4n) is 1.13. The second-order valence-corrected chi connectivity index (χ2v) is 3.02. The summed E-state index contributed by atoms with van der Waals surface area (Å²) in [5.74, 6) is -2.74. The lowest BCUT2D eigenvalue weighted by Gasteiger charge is -2.04. The molecule has 0 saturated carbocycles. The van der Waals surface area contributed by atoms with Gasteiger partial charge in [0.2, 0.25) is 0 Å². The van der Waals surface area contributed by atoms with Gasteiger partial charge in [-0.15, -0.1) is 0 Å². The van der Waals surface area contributed by atoms with Crippen LogP contribution in [0.5, 0.6) is 0 Å². The van der Waals surface area contributed by atoms with E-state index in [4.69, 9.17) is 10.8 Å². The van der Waals surface area contributed by atoms with Gasteiger partial charge in [0.15, 0.2) is 0 Å². The van der Waals surface area contributed by atoms with E-state index in [9.17, 15) is 13.6 Å². The molecule has 0 saturated heterocycles. The lowest BCUT2D eigenvalue weighted by molar-refractivity contribution is -0.131. The molecular formula is C10H9F2NO2. The molecule has 0 unspecified atom stereocenters. The average molecular weight is 213 g/mol. The highest BCUT2D eigenvalue weighted by molar-refractivity contribution is 5.89. The second kappa shape index (κ2) is 4.08.